The van der Waals surface area contributed by atoms with E-state index in [1.54, 1.807) is 0 Å². The Morgan fingerprint density at radius 3 is 1.29 bits per heavy atom. The molecule has 0 amide bonds. The van der Waals surface area contributed by atoms with Crippen molar-refractivity contribution < 1.29 is 4.74 Å². The van der Waals surface area contributed by atoms with Crippen molar-refractivity contribution in [1.82, 2.24) is 0 Å². The first-order chi connectivity index (χ1) is 7.96. The molecule has 2 aliphatic carbocycles. The van der Waals surface area contributed by atoms with Gasteiger partial charge in [-0.1, -0.05) is 39.5 Å². The molecule has 17 heavy (non-hydrogen) atoms. The zero-order chi connectivity index (χ0) is 12.5. The Bertz CT molecular complexity index is 220. The molecular formula is C16H30O. The first kappa shape index (κ1) is 13.4. The minimum absolute atomic E-state index is 0.428. The highest BCUT2D eigenvalue weighted by atomic mass is 16.5. The molecule has 0 N–H and O–H groups in total. The molecule has 1 heteroatoms. The second kappa shape index (κ2) is 4.91. The predicted octanol–water partition coefficient (Wildman–Crippen LogP) is 4.94. The summed E-state index contributed by atoms with van der Waals surface area (Å²) in [6.45, 7) is 9.46. The monoisotopic (exact) mass is 238 g/mol. The molecule has 2 aliphatic rings. The summed E-state index contributed by atoms with van der Waals surface area (Å²) in [5.41, 5.74) is 0.895. The number of hydrogen-bond donors (Lipinski definition) is 0. The Morgan fingerprint density at radius 1 is 0.706 bits per heavy atom. The largest absolute Gasteiger partial charge is 0.374 e. The Labute approximate surface area is 107 Å². The highest BCUT2D eigenvalue weighted by Gasteiger charge is 2.40. The summed E-state index contributed by atoms with van der Waals surface area (Å²) in [5, 5.41) is 0. The van der Waals surface area contributed by atoms with Crippen molar-refractivity contribution in [2.24, 2.45) is 10.8 Å². The van der Waals surface area contributed by atoms with Crippen molar-refractivity contribution in [3.8, 4) is 0 Å². The summed E-state index contributed by atoms with van der Waals surface area (Å²) in [6, 6.07) is 0. The van der Waals surface area contributed by atoms with Crippen LogP contribution in [0, 0.1) is 10.8 Å². The lowest BCUT2D eigenvalue weighted by Crippen LogP contribution is -2.38. The molecule has 1 nitrogen and oxygen atoms in total. The molecule has 0 aromatic rings. The summed E-state index contributed by atoms with van der Waals surface area (Å²) in [6.07, 6.45) is 11.9. The van der Waals surface area contributed by atoms with Crippen LogP contribution >= 0.6 is 0 Å². The van der Waals surface area contributed by atoms with Gasteiger partial charge in [0.2, 0.25) is 0 Å². The molecule has 2 rings (SSSR count). The topological polar surface area (TPSA) is 9.23 Å². The third-order valence-corrected chi connectivity index (χ3v) is 5.86. The van der Waals surface area contributed by atoms with Crippen LogP contribution in [-0.2, 0) is 4.74 Å². The third-order valence-electron chi connectivity index (χ3n) is 5.86. The zero-order valence-corrected chi connectivity index (χ0v) is 12.2. The molecule has 0 spiro atoms. The molecule has 0 bridgehead atoms. The smallest absolute Gasteiger partial charge is 0.0604 e. The van der Waals surface area contributed by atoms with E-state index in [4.69, 9.17) is 4.74 Å². The van der Waals surface area contributed by atoms with Gasteiger partial charge in [-0.25, -0.2) is 0 Å². The molecule has 0 heterocycles. The van der Waals surface area contributed by atoms with Gasteiger partial charge < -0.3 is 4.74 Å². The maximum absolute atomic E-state index is 6.42. The van der Waals surface area contributed by atoms with Crippen LogP contribution in [0.4, 0.5) is 0 Å². The van der Waals surface area contributed by atoms with Crippen molar-refractivity contribution in [3.63, 3.8) is 0 Å². The highest BCUT2D eigenvalue weighted by Crippen LogP contribution is 2.46. The van der Waals surface area contributed by atoms with E-state index in [1.165, 1.54) is 51.4 Å². The van der Waals surface area contributed by atoms with E-state index in [-0.39, 0.29) is 0 Å². The minimum Gasteiger partial charge on any atom is -0.374 e. The summed E-state index contributed by atoms with van der Waals surface area (Å²) >= 11 is 0. The van der Waals surface area contributed by atoms with Gasteiger partial charge in [0, 0.05) is 0 Å². The molecule has 2 fully saturated rings. The lowest BCUT2D eigenvalue weighted by Gasteiger charge is -2.39. The van der Waals surface area contributed by atoms with Gasteiger partial charge in [0.05, 0.1) is 12.2 Å². The lowest BCUT2D eigenvalue weighted by molar-refractivity contribution is -0.104. The summed E-state index contributed by atoms with van der Waals surface area (Å²) in [5.74, 6) is 0. The van der Waals surface area contributed by atoms with Gasteiger partial charge in [-0.15, -0.1) is 0 Å². The number of rotatable bonds is 4. The average Bonchev–Trinajstić information content (AvgIpc) is 2.89. The molecule has 0 saturated heterocycles. The fourth-order valence-corrected chi connectivity index (χ4v) is 3.81. The fourth-order valence-electron chi connectivity index (χ4n) is 3.81. The average molecular weight is 238 g/mol. The molecular weight excluding hydrogens is 208 g/mol. The van der Waals surface area contributed by atoms with E-state index < -0.39 is 0 Å². The van der Waals surface area contributed by atoms with Crippen LogP contribution in [0.2, 0.25) is 0 Å². The maximum Gasteiger partial charge on any atom is 0.0604 e. The van der Waals surface area contributed by atoms with Gasteiger partial charge in [-0.3, -0.25) is 0 Å². The number of hydrogen-bond acceptors (Lipinski definition) is 1. The molecule has 0 radical (unpaired) electrons. The molecule has 2 atom stereocenters. The Kier molecular flexibility index (Phi) is 3.87. The van der Waals surface area contributed by atoms with E-state index in [9.17, 15) is 0 Å². The van der Waals surface area contributed by atoms with Crippen molar-refractivity contribution >= 4 is 0 Å². The van der Waals surface area contributed by atoms with Crippen LogP contribution in [0.5, 0.6) is 0 Å². The second-order valence-electron chi connectivity index (χ2n) is 7.14. The van der Waals surface area contributed by atoms with Crippen molar-refractivity contribution in [1.29, 1.82) is 0 Å². The van der Waals surface area contributed by atoms with Gasteiger partial charge in [-0.2, -0.15) is 0 Å². The van der Waals surface area contributed by atoms with Crippen LogP contribution < -0.4 is 0 Å². The summed E-state index contributed by atoms with van der Waals surface area (Å²) in [7, 11) is 0. The summed E-state index contributed by atoms with van der Waals surface area (Å²) < 4.78 is 6.42. The molecule has 0 aromatic carbocycles. The Hall–Kier alpha value is -0.0400. The van der Waals surface area contributed by atoms with Crippen LogP contribution in [0.3, 0.4) is 0 Å². The molecule has 100 valence electrons. The second-order valence-corrected chi connectivity index (χ2v) is 7.14. The van der Waals surface area contributed by atoms with E-state index in [2.05, 4.69) is 27.7 Å². The summed E-state index contributed by atoms with van der Waals surface area (Å²) in [4.78, 5) is 0. The zero-order valence-electron chi connectivity index (χ0n) is 12.2. The van der Waals surface area contributed by atoms with Crippen LogP contribution in [0.25, 0.3) is 0 Å². The van der Waals surface area contributed by atoms with Gasteiger partial charge in [0.15, 0.2) is 0 Å². The first-order valence-corrected chi connectivity index (χ1v) is 7.62. The van der Waals surface area contributed by atoms with Crippen LogP contribution in [0.1, 0.15) is 79.1 Å². The fraction of sp³-hybridized carbons (Fsp3) is 1.00. The van der Waals surface area contributed by atoms with Crippen molar-refractivity contribution in [2.45, 2.75) is 91.3 Å². The highest BCUT2D eigenvalue weighted by molar-refractivity contribution is 4.90. The Balaban J connectivity index is 1.91. The SMILES string of the molecule is CC(OC(C)C1(C)CCCC1)C1(C)CCCC1. The van der Waals surface area contributed by atoms with Gasteiger partial charge in [0.1, 0.15) is 0 Å². The Morgan fingerprint density at radius 2 is 1.00 bits per heavy atom. The number of ether oxygens (including phenoxy) is 1. The quantitative estimate of drug-likeness (QED) is 0.674. The van der Waals surface area contributed by atoms with E-state index >= 15 is 0 Å². The normalized spacial score (nSPS) is 30.4. The maximum atomic E-state index is 6.42. The third kappa shape index (κ3) is 2.70. The minimum atomic E-state index is 0.428. The van der Waals surface area contributed by atoms with Crippen molar-refractivity contribution in [3.05, 3.63) is 0 Å². The molecule has 2 unspecified atom stereocenters. The molecule has 0 aliphatic heterocycles. The van der Waals surface area contributed by atoms with E-state index in [1.807, 2.05) is 0 Å². The van der Waals surface area contributed by atoms with E-state index in [0.29, 0.717) is 23.0 Å². The van der Waals surface area contributed by atoms with Gasteiger partial charge in [-0.05, 0) is 50.4 Å². The lowest BCUT2D eigenvalue weighted by atomic mass is 9.81. The first-order valence-electron chi connectivity index (χ1n) is 7.62. The van der Waals surface area contributed by atoms with E-state index in [0.717, 1.165) is 0 Å². The molecule has 0 aromatic heterocycles. The van der Waals surface area contributed by atoms with Crippen molar-refractivity contribution in [2.75, 3.05) is 0 Å². The molecule has 2 saturated carbocycles. The van der Waals surface area contributed by atoms with Crippen LogP contribution in [-0.4, -0.2) is 12.2 Å². The standard InChI is InChI=1S/C16H30O/c1-13(15(3)9-5-6-10-15)17-14(2)16(4)11-7-8-12-16/h13-14H,5-12H2,1-4H3. The van der Waals surface area contributed by atoms with Crippen LogP contribution in [0.15, 0.2) is 0 Å². The van der Waals surface area contributed by atoms with Gasteiger partial charge >= 0.3 is 0 Å². The van der Waals surface area contributed by atoms with Gasteiger partial charge in [0.25, 0.3) is 0 Å². The predicted molar refractivity (Wildman–Crippen MR) is 73.2 cm³/mol.